The predicted octanol–water partition coefficient (Wildman–Crippen LogP) is 4.90. The molecule has 5 rings (SSSR count). The van der Waals surface area contributed by atoms with E-state index in [0.717, 1.165) is 36.1 Å². The van der Waals surface area contributed by atoms with Crippen LogP contribution in [0.25, 0.3) is 11.1 Å². The van der Waals surface area contributed by atoms with E-state index in [1.165, 1.54) is 22.3 Å². The first kappa shape index (κ1) is 18.7. The lowest BCUT2D eigenvalue weighted by molar-refractivity contribution is -0.122. The van der Waals surface area contributed by atoms with E-state index in [1.54, 1.807) is 12.1 Å². The van der Waals surface area contributed by atoms with Gasteiger partial charge in [0.1, 0.15) is 11.8 Å². The number of phenols is 1. The molecule has 3 N–H and O–H groups in total. The average Bonchev–Trinajstić information content (AvgIpc) is 3.19. The molecular formula is C26H26N2O2. The molecule has 0 radical (unpaired) electrons. The molecule has 0 aromatic heterocycles. The van der Waals surface area contributed by atoms with Gasteiger partial charge in [0, 0.05) is 18.2 Å². The van der Waals surface area contributed by atoms with E-state index in [0.29, 0.717) is 6.42 Å². The number of carbonyl (C=O) groups excluding carboxylic acids is 1. The van der Waals surface area contributed by atoms with Gasteiger partial charge >= 0.3 is 0 Å². The SMILES string of the molecule is Cc1cc(O)cc2c1CC(C(=O)NC1CCCc3ccc(-c4ccccc4)cc31)N2. The van der Waals surface area contributed by atoms with Crippen LogP contribution in [0, 0.1) is 6.92 Å². The second kappa shape index (κ2) is 7.52. The van der Waals surface area contributed by atoms with Gasteiger partial charge in [-0.15, -0.1) is 0 Å². The normalized spacial score (nSPS) is 19.5. The lowest BCUT2D eigenvalue weighted by atomic mass is 9.85. The number of aryl methyl sites for hydroxylation is 2. The summed E-state index contributed by atoms with van der Waals surface area (Å²) < 4.78 is 0. The van der Waals surface area contributed by atoms with E-state index in [2.05, 4.69) is 53.1 Å². The van der Waals surface area contributed by atoms with Gasteiger partial charge in [0.2, 0.25) is 5.91 Å². The molecule has 152 valence electrons. The lowest BCUT2D eigenvalue weighted by Gasteiger charge is -2.28. The molecule has 2 aliphatic rings. The number of hydrogen-bond donors (Lipinski definition) is 3. The molecule has 1 aliphatic heterocycles. The molecule has 0 saturated carbocycles. The molecule has 2 unspecified atom stereocenters. The minimum atomic E-state index is -0.303. The van der Waals surface area contributed by atoms with Crippen LogP contribution >= 0.6 is 0 Å². The Bertz CT molecular complexity index is 1110. The molecule has 30 heavy (non-hydrogen) atoms. The minimum absolute atomic E-state index is 0.0213. The molecule has 1 heterocycles. The van der Waals surface area contributed by atoms with Crippen molar-refractivity contribution < 1.29 is 9.90 Å². The summed E-state index contributed by atoms with van der Waals surface area (Å²) in [7, 11) is 0. The minimum Gasteiger partial charge on any atom is -0.508 e. The summed E-state index contributed by atoms with van der Waals surface area (Å²) in [6.45, 7) is 1.98. The van der Waals surface area contributed by atoms with Gasteiger partial charge in [0.15, 0.2) is 0 Å². The number of hydrogen-bond acceptors (Lipinski definition) is 3. The number of anilines is 1. The summed E-state index contributed by atoms with van der Waals surface area (Å²) in [6, 6.07) is 20.2. The molecule has 1 aliphatic carbocycles. The topological polar surface area (TPSA) is 61.4 Å². The van der Waals surface area contributed by atoms with Gasteiger partial charge in [-0.3, -0.25) is 4.79 Å². The zero-order valence-corrected chi connectivity index (χ0v) is 17.1. The smallest absolute Gasteiger partial charge is 0.243 e. The molecule has 0 fully saturated rings. The highest BCUT2D eigenvalue weighted by atomic mass is 16.3. The lowest BCUT2D eigenvalue weighted by Crippen LogP contribution is -2.41. The zero-order valence-electron chi connectivity index (χ0n) is 17.1. The Morgan fingerprint density at radius 1 is 1.07 bits per heavy atom. The van der Waals surface area contributed by atoms with Gasteiger partial charge in [-0.25, -0.2) is 0 Å². The standard InChI is InChI=1S/C26H26N2O2/c1-16-12-20(29)14-24-21(16)15-25(27-24)26(30)28-23-9-5-8-18-10-11-19(13-22(18)23)17-6-3-2-4-7-17/h2-4,6-7,10-14,23,25,27,29H,5,8-9,15H2,1H3,(H,28,30). The summed E-state index contributed by atoms with van der Waals surface area (Å²) >= 11 is 0. The number of nitrogens with one attached hydrogen (secondary N) is 2. The number of amides is 1. The van der Waals surface area contributed by atoms with Gasteiger partial charge in [-0.05, 0) is 71.7 Å². The summed E-state index contributed by atoms with van der Waals surface area (Å²) in [5.74, 6) is 0.252. The Hall–Kier alpha value is -3.27. The number of fused-ring (bicyclic) bond motifs is 2. The number of phenolic OH excluding ortho intramolecular Hbond substituents is 1. The Balaban J connectivity index is 1.37. The molecule has 1 amide bonds. The summed E-state index contributed by atoms with van der Waals surface area (Å²) in [6.07, 6.45) is 3.74. The molecule has 0 saturated heterocycles. The van der Waals surface area contributed by atoms with Crippen LogP contribution in [0.5, 0.6) is 5.75 Å². The van der Waals surface area contributed by atoms with Crippen LogP contribution < -0.4 is 10.6 Å². The van der Waals surface area contributed by atoms with Crippen molar-refractivity contribution in [3.63, 3.8) is 0 Å². The Morgan fingerprint density at radius 2 is 1.90 bits per heavy atom. The predicted molar refractivity (Wildman–Crippen MR) is 120 cm³/mol. The zero-order chi connectivity index (χ0) is 20.7. The van der Waals surface area contributed by atoms with E-state index in [-0.39, 0.29) is 23.7 Å². The fourth-order valence-corrected chi connectivity index (χ4v) is 4.83. The van der Waals surface area contributed by atoms with E-state index < -0.39 is 0 Å². The van der Waals surface area contributed by atoms with Crippen molar-refractivity contribution in [1.29, 1.82) is 0 Å². The highest BCUT2D eigenvalue weighted by Gasteiger charge is 2.31. The van der Waals surface area contributed by atoms with Crippen molar-refractivity contribution in [2.75, 3.05) is 5.32 Å². The van der Waals surface area contributed by atoms with Crippen molar-refractivity contribution in [3.05, 3.63) is 82.9 Å². The van der Waals surface area contributed by atoms with Crippen LogP contribution in [-0.4, -0.2) is 17.1 Å². The first-order valence-corrected chi connectivity index (χ1v) is 10.7. The van der Waals surface area contributed by atoms with E-state index in [4.69, 9.17) is 0 Å². The maximum absolute atomic E-state index is 13.1. The number of aromatic hydroxyl groups is 1. The first-order valence-electron chi connectivity index (χ1n) is 10.7. The molecule has 3 aromatic carbocycles. The molecule has 0 bridgehead atoms. The summed E-state index contributed by atoms with van der Waals surface area (Å²) in [5, 5.41) is 16.4. The third kappa shape index (κ3) is 3.43. The second-order valence-electron chi connectivity index (χ2n) is 8.42. The Kier molecular flexibility index (Phi) is 4.70. The maximum atomic E-state index is 13.1. The van der Waals surface area contributed by atoms with Crippen molar-refractivity contribution in [3.8, 4) is 16.9 Å². The maximum Gasteiger partial charge on any atom is 0.243 e. The fourth-order valence-electron chi connectivity index (χ4n) is 4.83. The first-order chi connectivity index (χ1) is 14.6. The number of rotatable bonds is 3. The Labute approximate surface area is 177 Å². The third-order valence-electron chi connectivity index (χ3n) is 6.40. The van der Waals surface area contributed by atoms with Crippen molar-refractivity contribution in [2.24, 2.45) is 0 Å². The molecule has 4 nitrogen and oxygen atoms in total. The monoisotopic (exact) mass is 398 g/mol. The Morgan fingerprint density at radius 3 is 2.73 bits per heavy atom. The van der Waals surface area contributed by atoms with Crippen LogP contribution in [0.3, 0.4) is 0 Å². The largest absolute Gasteiger partial charge is 0.508 e. The van der Waals surface area contributed by atoms with Gasteiger partial charge in [-0.2, -0.15) is 0 Å². The van der Waals surface area contributed by atoms with Crippen molar-refractivity contribution in [2.45, 2.75) is 44.7 Å². The highest BCUT2D eigenvalue weighted by Crippen LogP contribution is 2.35. The molecule has 2 atom stereocenters. The second-order valence-corrected chi connectivity index (χ2v) is 8.42. The van der Waals surface area contributed by atoms with Crippen LogP contribution in [0.1, 0.15) is 41.1 Å². The van der Waals surface area contributed by atoms with Crippen LogP contribution in [0.15, 0.2) is 60.7 Å². The van der Waals surface area contributed by atoms with Crippen LogP contribution in [0.4, 0.5) is 5.69 Å². The highest BCUT2D eigenvalue weighted by molar-refractivity contribution is 5.88. The molecule has 4 heteroatoms. The summed E-state index contributed by atoms with van der Waals surface area (Å²) in [5.41, 5.74) is 7.94. The quantitative estimate of drug-likeness (QED) is 0.588. The van der Waals surface area contributed by atoms with Gasteiger partial charge in [0.25, 0.3) is 0 Å². The van der Waals surface area contributed by atoms with E-state index in [1.807, 2.05) is 13.0 Å². The third-order valence-corrected chi connectivity index (χ3v) is 6.40. The van der Waals surface area contributed by atoms with Crippen molar-refractivity contribution in [1.82, 2.24) is 5.32 Å². The number of benzene rings is 3. The van der Waals surface area contributed by atoms with Gasteiger partial charge in [0.05, 0.1) is 6.04 Å². The average molecular weight is 399 g/mol. The van der Waals surface area contributed by atoms with Crippen molar-refractivity contribution >= 4 is 11.6 Å². The van der Waals surface area contributed by atoms with Crippen LogP contribution in [-0.2, 0) is 17.6 Å². The van der Waals surface area contributed by atoms with Crippen LogP contribution in [0.2, 0.25) is 0 Å². The van der Waals surface area contributed by atoms with Gasteiger partial charge in [-0.1, -0.05) is 42.5 Å². The number of carbonyl (C=O) groups is 1. The molecule has 3 aromatic rings. The molecule has 0 spiro atoms. The van der Waals surface area contributed by atoms with E-state index >= 15 is 0 Å². The molecular weight excluding hydrogens is 372 g/mol. The summed E-state index contributed by atoms with van der Waals surface area (Å²) in [4.78, 5) is 13.1. The van der Waals surface area contributed by atoms with E-state index in [9.17, 15) is 9.90 Å². The van der Waals surface area contributed by atoms with Gasteiger partial charge < -0.3 is 15.7 Å². The fraction of sp³-hybridized carbons (Fsp3) is 0.269.